The van der Waals surface area contributed by atoms with E-state index in [1.165, 1.54) is 5.49 Å². The topological polar surface area (TPSA) is 75.3 Å². The van der Waals surface area contributed by atoms with E-state index in [4.69, 9.17) is 23.7 Å². The van der Waals surface area contributed by atoms with Crippen LogP contribution < -0.4 is 5.32 Å². The molecule has 0 aromatic rings. The fourth-order valence-electron chi connectivity index (χ4n) is 1.30. The highest BCUT2D eigenvalue weighted by molar-refractivity contribution is 7.78. The Balaban J connectivity index is 2.94. The van der Waals surface area contributed by atoms with Crippen molar-refractivity contribution >= 4 is 24.0 Å². The fraction of sp³-hybridized carbons (Fsp3) is 0.857. The Labute approximate surface area is 137 Å². The Morgan fingerprint density at radius 1 is 0.682 bits per heavy atom. The van der Waals surface area contributed by atoms with Gasteiger partial charge in [-0.3, -0.25) is 0 Å². The SMILES string of the molecule is O=CCCOCCOCCOCCOCCOCCNC=S. The molecule has 1 N–H and O–H groups in total. The van der Waals surface area contributed by atoms with Crippen LogP contribution in [0, 0.1) is 0 Å². The molecule has 0 unspecified atom stereocenters. The van der Waals surface area contributed by atoms with Crippen LogP contribution in [0.4, 0.5) is 0 Å². The molecule has 0 aliphatic rings. The van der Waals surface area contributed by atoms with Gasteiger partial charge in [0.05, 0.1) is 71.6 Å². The number of aldehydes is 1. The van der Waals surface area contributed by atoms with Gasteiger partial charge in [0, 0.05) is 13.0 Å². The van der Waals surface area contributed by atoms with Crippen molar-refractivity contribution in [3.63, 3.8) is 0 Å². The lowest BCUT2D eigenvalue weighted by atomic mass is 10.5. The minimum Gasteiger partial charge on any atom is -0.380 e. The summed E-state index contributed by atoms with van der Waals surface area (Å²) in [6.45, 7) is 6.02. The van der Waals surface area contributed by atoms with Gasteiger partial charge in [-0.2, -0.15) is 0 Å². The number of ether oxygens (including phenoxy) is 5. The Morgan fingerprint density at radius 2 is 1.09 bits per heavy atom. The third-order valence-electron chi connectivity index (χ3n) is 2.34. The normalized spacial score (nSPS) is 10.5. The average Bonchev–Trinajstić information content (AvgIpc) is 2.54. The van der Waals surface area contributed by atoms with Crippen LogP contribution in [0.3, 0.4) is 0 Å². The molecule has 7 nitrogen and oxygen atoms in total. The van der Waals surface area contributed by atoms with Crippen molar-refractivity contribution < 1.29 is 28.5 Å². The van der Waals surface area contributed by atoms with Crippen molar-refractivity contribution in [1.82, 2.24) is 5.32 Å². The van der Waals surface area contributed by atoms with E-state index in [1.807, 2.05) is 0 Å². The van der Waals surface area contributed by atoms with Gasteiger partial charge < -0.3 is 33.8 Å². The van der Waals surface area contributed by atoms with E-state index < -0.39 is 0 Å². The highest BCUT2D eigenvalue weighted by atomic mass is 32.1. The monoisotopic (exact) mass is 337 g/mol. The molecular formula is C14H27NO6S. The summed E-state index contributed by atoms with van der Waals surface area (Å²) in [6.07, 6.45) is 1.26. The van der Waals surface area contributed by atoms with Gasteiger partial charge in [0.1, 0.15) is 6.29 Å². The molecule has 0 rings (SSSR count). The van der Waals surface area contributed by atoms with Crippen LogP contribution in [-0.2, 0) is 28.5 Å². The standard InChI is InChI=1S/C14H27NO6S/c16-3-1-4-17-6-8-19-10-12-21-13-11-20-9-7-18-5-2-15-14-22/h3,14H,1-2,4-13H2,(H,15,22). The van der Waals surface area contributed by atoms with E-state index in [2.05, 4.69) is 17.5 Å². The molecule has 0 bridgehead atoms. The number of carbonyl (C=O) groups excluding carboxylic acids is 1. The van der Waals surface area contributed by atoms with E-state index in [1.54, 1.807) is 0 Å². The lowest BCUT2D eigenvalue weighted by Gasteiger charge is -2.07. The first kappa shape index (κ1) is 21.4. The van der Waals surface area contributed by atoms with Gasteiger partial charge in [0.2, 0.25) is 0 Å². The highest BCUT2D eigenvalue weighted by Crippen LogP contribution is 1.84. The van der Waals surface area contributed by atoms with E-state index >= 15 is 0 Å². The number of hydrogen-bond acceptors (Lipinski definition) is 7. The third-order valence-corrected chi connectivity index (χ3v) is 2.51. The Kier molecular flexibility index (Phi) is 19.8. The van der Waals surface area contributed by atoms with Crippen LogP contribution in [0.25, 0.3) is 0 Å². The average molecular weight is 337 g/mol. The van der Waals surface area contributed by atoms with Gasteiger partial charge in [-0.15, -0.1) is 0 Å². The van der Waals surface area contributed by atoms with Crippen molar-refractivity contribution in [3.8, 4) is 0 Å². The van der Waals surface area contributed by atoms with Crippen LogP contribution in [0.2, 0.25) is 0 Å². The quantitative estimate of drug-likeness (QED) is 0.204. The van der Waals surface area contributed by atoms with Gasteiger partial charge >= 0.3 is 0 Å². The summed E-state index contributed by atoms with van der Waals surface area (Å²) in [4.78, 5) is 10.0. The first-order valence-corrected chi connectivity index (χ1v) is 7.88. The Bertz CT molecular complexity index is 221. The predicted octanol–water partition coefficient (Wildman–Crippen LogP) is 0.205. The Hall–Kier alpha value is -0.640. The van der Waals surface area contributed by atoms with E-state index in [9.17, 15) is 4.79 Å². The van der Waals surface area contributed by atoms with E-state index in [-0.39, 0.29) is 0 Å². The number of nitrogens with one attached hydrogen (secondary N) is 1. The van der Waals surface area contributed by atoms with E-state index in [0.717, 1.165) is 12.8 Å². The molecule has 0 amide bonds. The lowest BCUT2D eigenvalue weighted by Crippen LogP contribution is -2.18. The molecule has 0 atom stereocenters. The summed E-state index contributed by atoms with van der Waals surface area (Å²) < 4.78 is 26.4. The maximum Gasteiger partial charge on any atom is 0.122 e. The summed E-state index contributed by atoms with van der Waals surface area (Å²) in [5, 5.41) is 2.87. The van der Waals surface area contributed by atoms with Crippen LogP contribution in [0.15, 0.2) is 0 Å². The highest BCUT2D eigenvalue weighted by Gasteiger charge is 1.93. The minimum atomic E-state index is 0.429. The first-order valence-electron chi connectivity index (χ1n) is 7.41. The van der Waals surface area contributed by atoms with Crippen LogP contribution in [0.1, 0.15) is 6.42 Å². The molecule has 0 spiro atoms. The summed E-state index contributed by atoms with van der Waals surface area (Å²) >= 11 is 4.61. The lowest BCUT2D eigenvalue weighted by molar-refractivity contribution is -0.108. The van der Waals surface area contributed by atoms with Gasteiger partial charge in [0.15, 0.2) is 0 Å². The van der Waals surface area contributed by atoms with Gasteiger partial charge in [-0.25, -0.2) is 0 Å². The zero-order valence-electron chi connectivity index (χ0n) is 13.0. The van der Waals surface area contributed by atoms with Crippen molar-refractivity contribution in [2.24, 2.45) is 0 Å². The maximum absolute atomic E-state index is 10.0. The second kappa shape index (κ2) is 20.4. The number of hydrogen-bond donors (Lipinski definition) is 1. The molecule has 0 aromatic heterocycles. The molecule has 0 radical (unpaired) electrons. The maximum atomic E-state index is 10.0. The number of carbonyl (C=O) groups is 1. The molecule has 0 saturated carbocycles. The second-order valence-electron chi connectivity index (χ2n) is 4.09. The van der Waals surface area contributed by atoms with Crippen LogP contribution >= 0.6 is 12.2 Å². The first-order chi connectivity index (χ1) is 10.9. The number of rotatable bonds is 19. The molecule has 0 heterocycles. The van der Waals surface area contributed by atoms with Crippen molar-refractivity contribution in [1.29, 1.82) is 0 Å². The zero-order valence-corrected chi connectivity index (χ0v) is 13.8. The van der Waals surface area contributed by atoms with Gasteiger partial charge in [0.25, 0.3) is 0 Å². The van der Waals surface area contributed by atoms with E-state index in [0.29, 0.717) is 72.5 Å². The molecule has 8 heteroatoms. The smallest absolute Gasteiger partial charge is 0.122 e. The molecular weight excluding hydrogens is 310 g/mol. The number of thiocarbonyl (C=S) groups is 1. The van der Waals surface area contributed by atoms with Crippen LogP contribution in [0.5, 0.6) is 0 Å². The van der Waals surface area contributed by atoms with Gasteiger partial charge in [-0.05, 0) is 0 Å². The van der Waals surface area contributed by atoms with Crippen molar-refractivity contribution in [2.75, 3.05) is 72.6 Å². The summed E-state index contributed by atoms with van der Waals surface area (Å²) in [5.41, 5.74) is 1.47. The fourth-order valence-corrected chi connectivity index (χ4v) is 1.42. The molecule has 22 heavy (non-hydrogen) atoms. The minimum absolute atomic E-state index is 0.429. The third kappa shape index (κ3) is 19.4. The molecule has 0 saturated heterocycles. The summed E-state index contributed by atoms with van der Waals surface area (Å²) in [6, 6.07) is 0. The zero-order chi connectivity index (χ0) is 16.1. The Morgan fingerprint density at radius 3 is 1.50 bits per heavy atom. The largest absolute Gasteiger partial charge is 0.380 e. The molecule has 0 fully saturated rings. The second-order valence-corrected chi connectivity index (χ2v) is 4.32. The van der Waals surface area contributed by atoms with Crippen molar-refractivity contribution in [3.05, 3.63) is 0 Å². The molecule has 0 aliphatic heterocycles. The molecule has 0 aliphatic carbocycles. The molecule has 130 valence electrons. The van der Waals surface area contributed by atoms with Crippen molar-refractivity contribution in [2.45, 2.75) is 6.42 Å². The predicted molar refractivity (Wildman–Crippen MR) is 86.4 cm³/mol. The van der Waals surface area contributed by atoms with Gasteiger partial charge in [-0.1, -0.05) is 12.2 Å². The summed E-state index contributed by atoms with van der Waals surface area (Å²) in [5.74, 6) is 0. The van der Waals surface area contributed by atoms with Crippen LogP contribution in [-0.4, -0.2) is 84.4 Å². The summed E-state index contributed by atoms with van der Waals surface area (Å²) in [7, 11) is 0. The molecule has 0 aromatic carbocycles.